The van der Waals surface area contributed by atoms with Crippen molar-refractivity contribution in [3.8, 4) is 0 Å². The SMILES string of the molecule is COCN(C)CCS(C)(=O)=O. The fourth-order valence-electron chi connectivity index (χ4n) is 0.607. The first kappa shape index (κ1) is 10.9. The zero-order valence-corrected chi connectivity index (χ0v) is 8.02. The van der Waals surface area contributed by atoms with Crippen molar-refractivity contribution in [2.75, 3.05) is 39.4 Å². The molecule has 0 saturated carbocycles. The van der Waals surface area contributed by atoms with E-state index < -0.39 is 9.84 Å². The number of ether oxygens (including phenoxy) is 1. The number of rotatable bonds is 5. The average molecular weight is 181 g/mol. The molecule has 0 aromatic rings. The maximum Gasteiger partial charge on any atom is 0.148 e. The summed E-state index contributed by atoms with van der Waals surface area (Å²) in [6.45, 7) is 0.988. The Morgan fingerprint density at radius 1 is 1.45 bits per heavy atom. The average Bonchev–Trinajstić information content (AvgIpc) is 1.83. The standard InChI is InChI=1S/C6H15NO3S/c1-7(6-10-2)4-5-11(3,8)9/h4-6H2,1-3H3. The van der Waals surface area contributed by atoms with Crippen molar-refractivity contribution in [3.05, 3.63) is 0 Å². The van der Waals surface area contributed by atoms with E-state index in [1.807, 2.05) is 7.05 Å². The van der Waals surface area contributed by atoms with Gasteiger partial charge in [0.2, 0.25) is 0 Å². The molecule has 0 aliphatic rings. The van der Waals surface area contributed by atoms with Gasteiger partial charge < -0.3 is 4.74 Å². The Balaban J connectivity index is 3.54. The molecule has 0 fully saturated rings. The maximum absolute atomic E-state index is 10.7. The summed E-state index contributed by atoms with van der Waals surface area (Å²) in [4.78, 5) is 1.81. The summed E-state index contributed by atoms with van der Waals surface area (Å²) in [6, 6.07) is 0. The Morgan fingerprint density at radius 2 is 2.00 bits per heavy atom. The van der Waals surface area contributed by atoms with Crippen molar-refractivity contribution < 1.29 is 13.2 Å². The molecule has 5 heteroatoms. The molecule has 0 aliphatic carbocycles. The van der Waals surface area contributed by atoms with Gasteiger partial charge in [-0.2, -0.15) is 0 Å². The van der Waals surface area contributed by atoms with Crippen molar-refractivity contribution in [2.24, 2.45) is 0 Å². The third-order valence-corrected chi connectivity index (χ3v) is 2.12. The van der Waals surface area contributed by atoms with Crippen LogP contribution >= 0.6 is 0 Å². The van der Waals surface area contributed by atoms with Gasteiger partial charge in [-0.25, -0.2) is 8.42 Å². The van der Waals surface area contributed by atoms with Crippen molar-refractivity contribution in [1.82, 2.24) is 4.90 Å². The lowest BCUT2D eigenvalue weighted by molar-refractivity contribution is 0.0861. The summed E-state index contributed by atoms with van der Waals surface area (Å²) in [7, 11) is 0.560. The van der Waals surface area contributed by atoms with Gasteiger partial charge in [-0.3, -0.25) is 4.90 Å². The molecule has 0 aliphatic heterocycles. The highest BCUT2D eigenvalue weighted by Crippen LogP contribution is 1.87. The van der Waals surface area contributed by atoms with E-state index in [1.165, 1.54) is 6.26 Å². The molecule has 0 amide bonds. The molecule has 0 spiro atoms. The highest BCUT2D eigenvalue weighted by Gasteiger charge is 2.03. The topological polar surface area (TPSA) is 46.6 Å². The van der Waals surface area contributed by atoms with Gasteiger partial charge in [-0.05, 0) is 7.05 Å². The van der Waals surface area contributed by atoms with E-state index in [2.05, 4.69) is 0 Å². The summed E-state index contributed by atoms with van der Waals surface area (Å²) >= 11 is 0. The quantitative estimate of drug-likeness (QED) is 0.540. The Bertz CT molecular complexity index is 188. The molecule has 0 radical (unpaired) electrons. The molecule has 0 rings (SSSR count). The predicted molar refractivity (Wildman–Crippen MR) is 44.2 cm³/mol. The normalized spacial score (nSPS) is 12.4. The molecule has 0 atom stereocenters. The molecule has 0 saturated heterocycles. The Hall–Kier alpha value is -0.130. The van der Waals surface area contributed by atoms with Crippen LogP contribution in [0.15, 0.2) is 0 Å². The molecule has 0 bridgehead atoms. The van der Waals surface area contributed by atoms with Crippen LogP contribution in [0.25, 0.3) is 0 Å². The largest absolute Gasteiger partial charge is 0.369 e. The summed E-state index contributed by atoms with van der Waals surface area (Å²) in [5.41, 5.74) is 0. The van der Waals surface area contributed by atoms with Crippen LogP contribution in [0, 0.1) is 0 Å². The molecule has 68 valence electrons. The van der Waals surface area contributed by atoms with E-state index in [4.69, 9.17) is 4.74 Å². The smallest absolute Gasteiger partial charge is 0.148 e. The molecule has 0 aromatic heterocycles. The minimum Gasteiger partial charge on any atom is -0.369 e. The lowest BCUT2D eigenvalue weighted by atomic mass is 10.7. The summed E-state index contributed by atoms with van der Waals surface area (Å²) in [6.07, 6.45) is 1.23. The Kier molecular flexibility index (Phi) is 4.63. The molecule has 0 unspecified atom stereocenters. The molecule has 0 aromatic carbocycles. The third-order valence-electron chi connectivity index (χ3n) is 1.19. The minimum absolute atomic E-state index is 0.187. The van der Waals surface area contributed by atoms with Crippen LogP contribution < -0.4 is 0 Å². The molecule has 4 nitrogen and oxygen atoms in total. The fourth-order valence-corrected chi connectivity index (χ4v) is 1.25. The number of nitrogens with zero attached hydrogens (tertiary/aromatic N) is 1. The summed E-state index contributed by atoms with van der Waals surface area (Å²) < 4.78 is 26.1. The first-order chi connectivity index (χ1) is 4.95. The second kappa shape index (κ2) is 4.69. The fraction of sp³-hybridized carbons (Fsp3) is 1.00. The Labute approximate surface area is 68.1 Å². The van der Waals surface area contributed by atoms with Gasteiger partial charge in [-0.1, -0.05) is 0 Å². The lowest BCUT2D eigenvalue weighted by Gasteiger charge is -2.13. The van der Waals surface area contributed by atoms with Gasteiger partial charge in [0.15, 0.2) is 0 Å². The Morgan fingerprint density at radius 3 is 2.36 bits per heavy atom. The van der Waals surface area contributed by atoms with Crippen LogP contribution in [0.3, 0.4) is 0 Å². The second-order valence-electron chi connectivity index (χ2n) is 2.63. The zero-order chi connectivity index (χ0) is 8.91. The van der Waals surface area contributed by atoms with E-state index in [9.17, 15) is 8.42 Å². The molecule has 0 heterocycles. The summed E-state index contributed by atoms with van der Waals surface area (Å²) in [5.74, 6) is 0.187. The lowest BCUT2D eigenvalue weighted by Crippen LogP contribution is -2.26. The minimum atomic E-state index is -2.83. The molecule has 11 heavy (non-hydrogen) atoms. The summed E-state index contributed by atoms with van der Waals surface area (Å²) in [5, 5.41) is 0. The third kappa shape index (κ3) is 7.77. The van der Waals surface area contributed by atoms with Crippen LogP contribution in [0.5, 0.6) is 0 Å². The van der Waals surface area contributed by atoms with Gasteiger partial charge in [-0.15, -0.1) is 0 Å². The predicted octanol–water partition coefficient (Wildman–Crippen LogP) is -0.433. The van der Waals surface area contributed by atoms with Crippen molar-refractivity contribution >= 4 is 9.84 Å². The number of sulfone groups is 1. The van der Waals surface area contributed by atoms with Crippen LogP contribution in [0.2, 0.25) is 0 Å². The monoisotopic (exact) mass is 181 g/mol. The van der Waals surface area contributed by atoms with Gasteiger partial charge in [0.05, 0.1) is 12.5 Å². The van der Waals surface area contributed by atoms with E-state index in [-0.39, 0.29) is 5.75 Å². The second-order valence-corrected chi connectivity index (χ2v) is 4.89. The van der Waals surface area contributed by atoms with E-state index in [0.717, 1.165) is 0 Å². The van der Waals surface area contributed by atoms with Crippen molar-refractivity contribution in [1.29, 1.82) is 0 Å². The van der Waals surface area contributed by atoms with Crippen molar-refractivity contribution in [2.45, 2.75) is 0 Å². The van der Waals surface area contributed by atoms with Gasteiger partial charge in [0.1, 0.15) is 9.84 Å². The molecule has 0 N–H and O–H groups in total. The number of hydrogen-bond donors (Lipinski definition) is 0. The van der Waals surface area contributed by atoms with Crippen LogP contribution in [-0.2, 0) is 14.6 Å². The highest BCUT2D eigenvalue weighted by atomic mass is 32.2. The van der Waals surface area contributed by atoms with Crippen LogP contribution in [-0.4, -0.2) is 52.8 Å². The molecular weight excluding hydrogens is 166 g/mol. The van der Waals surface area contributed by atoms with E-state index >= 15 is 0 Å². The first-order valence-corrected chi connectivity index (χ1v) is 5.37. The molecular formula is C6H15NO3S. The van der Waals surface area contributed by atoms with Gasteiger partial charge in [0.25, 0.3) is 0 Å². The van der Waals surface area contributed by atoms with E-state index in [1.54, 1.807) is 12.0 Å². The van der Waals surface area contributed by atoms with Crippen LogP contribution in [0.1, 0.15) is 0 Å². The highest BCUT2D eigenvalue weighted by molar-refractivity contribution is 7.90. The van der Waals surface area contributed by atoms with Gasteiger partial charge >= 0.3 is 0 Å². The van der Waals surface area contributed by atoms with Crippen LogP contribution in [0.4, 0.5) is 0 Å². The number of hydrogen-bond acceptors (Lipinski definition) is 4. The zero-order valence-electron chi connectivity index (χ0n) is 7.20. The maximum atomic E-state index is 10.7. The first-order valence-electron chi connectivity index (χ1n) is 3.31. The van der Waals surface area contributed by atoms with E-state index in [0.29, 0.717) is 13.3 Å². The van der Waals surface area contributed by atoms with Crippen molar-refractivity contribution in [3.63, 3.8) is 0 Å². The number of methoxy groups -OCH3 is 1. The van der Waals surface area contributed by atoms with Gasteiger partial charge in [0, 0.05) is 19.9 Å².